The fraction of sp³-hybridized carbons (Fsp3) is 0.647. The molecule has 1 aromatic rings. The van der Waals surface area contributed by atoms with Crippen molar-refractivity contribution in [2.24, 2.45) is 5.92 Å². The minimum atomic E-state index is -0.467. The first-order valence-electron chi connectivity index (χ1n) is 7.69. The molecule has 1 aliphatic heterocycles. The smallest absolute Gasteiger partial charge is 0.124 e. The normalized spacial score (nSPS) is 21.1. The highest BCUT2D eigenvalue weighted by Gasteiger charge is 2.24. The van der Waals surface area contributed by atoms with Gasteiger partial charge in [0.1, 0.15) is 5.75 Å². The van der Waals surface area contributed by atoms with Crippen LogP contribution in [0.2, 0.25) is 0 Å². The summed E-state index contributed by atoms with van der Waals surface area (Å²) in [6, 6.07) is 5.99. The van der Waals surface area contributed by atoms with Gasteiger partial charge in [0.25, 0.3) is 0 Å². The van der Waals surface area contributed by atoms with E-state index in [0.29, 0.717) is 6.54 Å². The summed E-state index contributed by atoms with van der Waals surface area (Å²) in [5, 5.41) is 10.5. The Labute approximate surface area is 122 Å². The van der Waals surface area contributed by atoms with E-state index in [1.165, 1.54) is 19.3 Å². The number of benzene rings is 1. The van der Waals surface area contributed by atoms with E-state index in [0.717, 1.165) is 35.9 Å². The average Bonchev–Trinajstić information content (AvgIpc) is 2.86. The Morgan fingerprint density at radius 2 is 2.25 bits per heavy atom. The van der Waals surface area contributed by atoms with Crippen LogP contribution in [-0.4, -0.2) is 36.8 Å². The third kappa shape index (κ3) is 3.74. The zero-order valence-electron chi connectivity index (χ0n) is 12.9. The van der Waals surface area contributed by atoms with Crippen molar-refractivity contribution in [3.05, 3.63) is 29.3 Å². The molecule has 0 radical (unpaired) electrons. The molecule has 2 rings (SSSR count). The van der Waals surface area contributed by atoms with Gasteiger partial charge in [-0.05, 0) is 44.4 Å². The van der Waals surface area contributed by atoms with Gasteiger partial charge >= 0.3 is 0 Å². The minimum Gasteiger partial charge on any atom is -0.496 e. The van der Waals surface area contributed by atoms with Gasteiger partial charge in [-0.3, -0.25) is 0 Å². The van der Waals surface area contributed by atoms with Gasteiger partial charge in [0.05, 0.1) is 13.2 Å². The SMILES string of the molecule is CCCC1CCN(CC(O)c2cc(C)ccc2OC)C1. The number of hydrogen-bond donors (Lipinski definition) is 1. The van der Waals surface area contributed by atoms with Crippen LogP contribution in [-0.2, 0) is 0 Å². The van der Waals surface area contributed by atoms with Gasteiger partial charge in [0.15, 0.2) is 0 Å². The molecular weight excluding hydrogens is 250 g/mol. The number of nitrogens with zero attached hydrogens (tertiary/aromatic N) is 1. The highest BCUT2D eigenvalue weighted by molar-refractivity contribution is 5.38. The lowest BCUT2D eigenvalue weighted by Crippen LogP contribution is -2.26. The zero-order valence-corrected chi connectivity index (χ0v) is 12.9. The summed E-state index contributed by atoms with van der Waals surface area (Å²) in [5.74, 6) is 1.60. The fourth-order valence-corrected chi connectivity index (χ4v) is 3.18. The first kappa shape index (κ1) is 15.3. The summed E-state index contributed by atoms with van der Waals surface area (Å²) >= 11 is 0. The number of aliphatic hydroxyl groups excluding tert-OH is 1. The molecule has 1 saturated heterocycles. The third-order valence-corrected chi connectivity index (χ3v) is 4.24. The molecule has 20 heavy (non-hydrogen) atoms. The quantitative estimate of drug-likeness (QED) is 0.867. The number of rotatable bonds is 6. The number of aryl methyl sites for hydroxylation is 1. The first-order valence-corrected chi connectivity index (χ1v) is 7.69. The first-order chi connectivity index (χ1) is 9.63. The van der Waals surface area contributed by atoms with Crippen LogP contribution in [0.5, 0.6) is 5.75 Å². The van der Waals surface area contributed by atoms with E-state index >= 15 is 0 Å². The Hall–Kier alpha value is -1.06. The Morgan fingerprint density at radius 1 is 1.45 bits per heavy atom. The second-order valence-electron chi connectivity index (χ2n) is 5.96. The summed E-state index contributed by atoms with van der Waals surface area (Å²) in [6.45, 7) is 7.23. The lowest BCUT2D eigenvalue weighted by atomic mass is 10.0. The van der Waals surface area contributed by atoms with Crippen LogP contribution in [0, 0.1) is 12.8 Å². The highest BCUT2D eigenvalue weighted by Crippen LogP contribution is 2.29. The Kier molecular flexibility index (Phi) is 5.44. The van der Waals surface area contributed by atoms with Crippen LogP contribution in [0.4, 0.5) is 0 Å². The van der Waals surface area contributed by atoms with Gasteiger partial charge in [-0.1, -0.05) is 25.0 Å². The lowest BCUT2D eigenvalue weighted by molar-refractivity contribution is 0.121. The van der Waals surface area contributed by atoms with E-state index in [4.69, 9.17) is 4.74 Å². The lowest BCUT2D eigenvalue weighted by Gasteiger charge is -2.22. The van der Waals surface area contributed by atoms with Crippen molar-refractivity contribution in [1.29, 1.82) is 0 Å². The maximum absolute atomic E-state index is 10.5. The van der Waals surface area contributed by atoms with Gasteiger partial charge in [0.2, 0.25) is 0 Å². The molecule has 0 bridgehead atoms. The summed E-state index contributed by atoms with van der Waals surface area (Å²) < 4.78 is 5.37. The molecule has 0 saturated carbocycles. The van der Waals surface area contributed by atoms with Crippen molar-refractivity contribution in [2.75, 3.05) is 26.7 Å². The van der Waals surface area contributed by atoms with Crippen LogP contribution in [0.3, 0.4) is 0 Å². The summed E-state index contributed by atoms with van der Waals surface area (Å²) in [5.41, 5.74) is 2.07. The molecule has 3 heteroatoms. The van der Waals surface area contributed by atoms with E-state index in [1.54, 1.807) is 7.11 Å². The molecule has 0 spiro atoms. The van der Waals surface area contributed by atoms with Crippen LogP contribution < -0.4 is 4.74 Å². The van der Waals surface area contributed by atoms with E-state index in [-0.39, 0.29) is 0 Å². The number of hydrogen-bond acceptors (Lipinski definition) is 3. The second-order valence-corrected chi connectivity index (χ2v) is 5.96. The standard InChI is InChI=1S/C17H27NO2/c1-4-5-14-8-9-18(11-14)12-16(19)15-10-13(2)6-7-17(15)20-3/h6-7,10,14,16,19H,4-5,8-9,11-12H2,1-3H3. The van der Waals surface area contributed by atoms with Crippen LogP contribution in [0.1, 0.15) is 43.4 Å². The molecule has 1 heterocycles. The van der Waals surface area contributed by atoms with Crippen molar-refractivity contribution in [1.82, 2.24) is 4.90 Å². The van der Waals surface area contributed by atoms with Gasteiger partial charge in [-0.15, -0.1) is 0 Å². The summed E-state index contributed by atoms with van der Waals surface area (Å²) in [6.07, 6.45) is 3.36. The van der Waals surface area contributed by atoms with Gasteiger partial charge in [-0.2, -0.15) is 0 Å². The molecule has 112 valence electrons. The number of ether oxygens (including phenoxy) is 1. The van der Waals surface area contributed by atoms with Gasteiger partial charge in [0, 0.05) is 18.7 Å². The predicted molar refractivity (Wildman–Crippen MR) is 82.1 cm³/mol. The van der Waals surface area contributed by atoms with Crippen molar-refractivity contribution in [2.45, 2.75) is 39.2 Å². The number of methoxy groups -OCH3 is 1. The van der Waals surface area contributed by atoms with E-state index < -0.39 is 6.10 Å². The molecule has 3 nitrogen and oxygen atoms in total. The van der Waals surface area contributed by atoms with Crippen molar-refractivity contribution in [3.63, 3.8) is 0 Å². The van der Waals surface area contributed by atoms with Crippen molar-refractivity contribution >= 4 is 0 Å². The third-order valence-electron chi connectivity index (χ3n) is 4.24. The molecule has 1 fully saturated rings. The molecular formula is C17H27NO2. The molecule has 1 aromatic carbocycles. The minimum absolute atomic E-state index is 0.467. The van der Waals surface area contributed by atoms with E-state index in [9.17, 15) is 5.11 Å². The Morgan fingerprint density at radius 3 is 2.95 bits per heavy atom. The maximum atomic E-state index is 10.5. The van der Waals surface area contributed by atoms with E-state index in [1.807, 2.05) is 25.1 Å². The van der Waals surface area contributed by atoms with Gasteiger partial charge < -0.3 is 14.7 Å². The fourth-order valence-electron chi connectivity index (χ4n) is 3.18. The van der Waals surface area contributed by atoms with Crippen molar-refractivity contribution in [3.8, 4) is 5.75 Å². The zero-order chi connectivity index (χ0) is 14.5. The average molecular weight is 277 g/mol. The second kappa shape index (κ2) is 7.09. The van der Waals surface area contributed by atoms with Gasteiger partial charge in [-0.25, -0.2) is 0 Å². The number of aliphatic hydroxyl groups is 1. The Bertz CT molecular complexity index is 433. The molecule has 0 amide bonds. The van der Waals surface area contributed by atoms with Crippen LogP contribution >= 0.6 is 0 Å². The predicted octanol–water partition coefficient (Wildman–Crippen LogP) is 3.16. The molecule has 0 aliphatic carbocycles. The molecule has 1 N–H and O–H groups in total. The number of β-amino-alcohol motifs (C(OH)–C–C–N with tert-alkyl or cyclic N) is 1. The number of likely N-dealkylation sites (tertiary alicyclic amines) is 1. The molecule has 1 aliphatic rings. The maximum Gasteiger partial charge on any atom is 0.124 e. The van der Waals surface area contributed by atoms with E-state index in [2.05, 4.69) is 11.8 Å². The highest BCUT2D eigenvalue weighted by atomic mass is 16.5. The summed E-state index contributed by atoms with van der Waals surface area (Å²) in [7, 11) is 1.66. The molecule has 0 aromatic heterocycles. The Balaban J connectivity index is 1.98. The monoisotopic (exact) mass is 277 g/mol. The molecule has 2 atom stereocenters. The van der Waals surface area contributed by atoms with Crippen LogP contribution in [0.25, 0.3) is 0 Å². The molecule has 2 unspecified atom stereocenters. The van der Waals surface area contributed by atoms with Crippen LogP contribution in [0.15, 0.2) is 18.2 Å². The topological polar surface area (TPSA) is 32.7 Å². The largest absolute Gasteiger partial charge is 0.496 e. The summed E-state index contributed by atoms with van der Waals surface area (Å²) in [4.78, 5) is 2.38. The van der Waals surface area contributed by atoms with Crippen molar-refractivity contribution < 1.29 is 9.84 Å².